The van der Waals surface area contributed by atoms with Crippen molar-refractivity contribution in [1.82, 2.24) is 4.90 Å². The van der Waals surface area contributed by atoms with Crippen LogP contribution in [0.15, 0.2) is 12.1 Å². The molecule has 1 aliphatic rings. The summed E-state index contributed by atoms with van der Waals surface area (Å²) < 4.78 is 13.3. The molecule has 2 rings (SSSR count). The standard InChI is InChI=1S/C14H21ClFN3/c1-18-5-3-10(4-6-18)9-19(2)14-7-11(15)12(16)8-13(14)17/h7-8,10H,3-6,9,17H2,1-2H3. The average Bonchev–Trinajstić information content (AvgIpc) is 2.36. The maximum absolute atomic E-state index is 13.3. The third-order valence-electron chi connectivity index (χ3n) is 3.85. The maximum Gasteiger partial charge on any atom is 0.143 e. The lowest BCUT2D eigenvalue weighted by atomic mass is 9.96. The molecule has 106 valence electrons. The number of piperidine rings is 1. The fourth-order valence-corrected chi connectivity index (χ4v) is 2.77. The van der Waals surface area contributed by atoms with Crippen LogP contribution >= 0.6 is 11.6 Å². The number of halogens is 2. The van der Waals surface area contributed by atoms with Crippen molar-refractivity contribution < 1.29 is 4.39 Å². The molecule has 2 N–H and O–H groups in total. The number of hydrogen-bond donors (Lipinski definition) is 1. The third-order valence-corrected chi connectivity index (χ3v) is 4.14. The lowest BCUT2D eigenvalue weighted by Gasteiger charge is -2.32. The molecule has 0 aliphatic carbocycles. The number of anilines is 2. The number of likely N-dealkylation sites (tertiary alicyclic amines) is 1. The van der Waals surface area contributed by atoms with E-state index in [0.717, 1.165) is 25.3 Å². The van der Waals surface area contributed by atoms with E-state index in [2.05, 4.69) is 16.8 Å². The van der Waals surface area contributed by atoms with Crippen molar-refractivity contribution in [3.63, 3.8) is 0 Å². The normalized spacial score (nSPS) is 17.7. The van der Waals surface area contributed by atoms with Crippen molar-refractivity contribution in [2.75, 3.05) is 44.4 Å². The SMILES string of the molecule is CN1CCC(CN(C)c2cc(Cl)c(F)cc2N)CC1. The average molecular weight is 286 g/mol. The van der Waals surface area contributed by atoms with Gasteiger partial charge in [0.1, 0.15) is 5.82 Å². The fraction of sp³-hybridized carbons (Fsp3) is 0.571. The second-order valence-electron chi connectivity index (χ2n) is 5.45. The van der Waals surface area contributed by atoms with E-state index in [4.69, 9.17) is 17.3 Å². The van der Waals surface area contributed by atoms with Gasteiger partial charge >= 0.3 is 0 Å². The molecule has 0 saturated carbocycles. The highest BCUT2D eigenvalue weighted by Gasteiger charge is 2.19. The Hall–Kier alpha value is -1.00. The molecule has 0 radical (unpaired) electrons. The zero-order chi connectivity index (χ0) is 14.0. The predicted octanol–water partition coefficient (Wildman–Crippen LogP) is 2.84. The largest absolute Gasteiger partial charge is 0.397 e. The van der Waals surface area contributed by atoms with Crippen LogP contribution in [0.1, 0.15) is 12.8 Å². The topological polar surface area (TPSA) is 32.5 Å². The molecule has 0 bridgehead atoms. The number of nitrogens with zero attached hydrogens (tertiary/aromatic N) is 2. The van der Waals surface area contributed by atoms with E-state index < -0.39 is 5.82 Å². The monoisotopic (exact) mass is 285 g/mol. The van der Waals surface area contributed by atoms with Crippen LogP contribution in [0, 0.1) is 11.7 Å². The van der Waals surface area contributed by atoms with Crippen LogP contribution in [0.25, 0.3) is 0 Å². The number of hydrogen-bond acceptors (Lipinski definition) is 3. The Bertz CT molecular complexity index is 445. The van der Waals surface area contributed by atoms with Gasteiger partial charge in [0, 0.05) is 19.7 Å². The highest BCUT2D eigenvalue weighted by atomic mass is 35.5. The first-order valence-corrected chi connectivity index (χ1v) is 6.99. The Labute approximate surface area is 119 Å². The van der Waals surface area contributed by atoms with E-state index in [1.165, 1.54) is 18.9 Å². The number of nitrogen functional groups attached to an aromatic ring is 1. The summed E-state index contributed by atoms with van der Waals surface area (Å²) in [7, 11) is 4.13. The molecule has 0 aromatic heterocycles. The molecular formula is C14H21ClFN3. The van der Waals surface area contributed by atoms with Crippen LogP contribution in [-0.2, 0) is 0 Å². The number of rotatable bonds is 3. The summed E-state index contributed by atoms with van der Waals surface area (Å²) in [4.78, 5) is 4.43. The first-order chi connectivity index (χ1) is 8.97. The van der Waals surface area contributed by atoms with Gasteiger partial charge in [-0.1, -0.05) is 11.6 Å². The summed E-state index contributed by atoms with van der Waals surface area (Å²) in [5, 5.41) is 0.124. The van der Waals surface area contributed by atoms with Crippen molar-refractivity contribution in [2.24, 2.45) is 5.92 Å². The van der Waals surface area contributed by atoms with Gasteiger partial charge in [0.25, 0.3) is 0 Å². The summed E-state index contributed by atoms with van der Waals surface area (Å²) in [6, 6.07) is 2.91. The van der Waals surface area contributed by atoms with Gasteiger partial charge in [-0.05, 0) is 45.0 Å². The highest BCUT2D eigenvalue weighted by molar-refractivity contribution is 6.31. The van der Waals surface area contributed by atoms with Crippen molar-refractivity contribution in [3.05, 3.63) is 23.0 Å². The number of benzene rings is 1. The quantitative estimate of drug-likeness (QED) is 0.867. The van der Waals surface area contributed by atoms with Gasteiger partial charge in [-0.15, -0.1) is 0 Å². The minimum atomic E-state index is -0.462. The van der Waals surface area contributed by atoms with Crippen LogP contribution < -0.4 is 10.6 Å². The smallest absolute Gasteiger partial charge is 0.143 e. The molecule has 19 heavy (non-hydrogen) atoms. The van der Waals surface area contributed by atoms with Gasteiger partial charge in [-0.25, -0.2) is 4.39 Å². The summed E-state index contributed by atoms with van der Waals surface area (Å²) in [5.74, 6) is 0.194. The van der Waals surface area contributed by atoms with Gasteiger partial charge in [0.05, 0.1) is 16.4 Å². The molecule has 1 heterocycles. The second-order valence-corrected chi connectivity index (χ2v) is 5.86. The molecule has 0 atom stereocenters. The Morgan fingerprint density at radius 2 is 2.05 bits per heavy atom. The molecule has 1 aromatic carbocycles. The molecule has 0 amide bonds. The van der Waals surface area contributed by atoms with E-state index in [1.807, 2.05) is 7.05 Å². The molecule has 0 spiro atoms. The van der Waals surface area contributed by atoms with Gasteiger partial charge in [-0.3, -0.25) is 0 Å². The summed E-state index contributed by atoms with van der Waals surface area (Å²) in [6.07, 6.45) is 2.38. The van der Waals surface area contributed by atoms with E-state index >= 15 is 0 Å². The van der Waals surface area contributed by atoms with Crippen molar-refractivity contribution in [3.8, 4) is 0 Å². The molecule has 1 fully saturated rings. The Balaban J connectivity index is 2.03. The Morgan fingerprint density at radius 1 is 1.42 bits per heavy atom. The summed E-state index contributed by atoms with van der Waals surface area (Å²) in [6.45, 7) is 3.20. The lowest BCUT2D eigenvalue weighted by Crippen LogP contribution is -2.35. The molecular weight excluding hydrogens is 265 g/mol. The zero-order valence-electron chi connectivity index (χ0n) is 11.5. The van der Waals surface area contributed by atoms with E-state index in [-0.39, 0.29) is 5.02 Å². The van der Waals surface area contributed by atoms with Crippen LogP contribution in [0.5, 0.6) is 0 Å². The molecule has 1 aromatic rings. The second kappa shape index (κ2) is 5.97. The highest BCUT2D eigenvalue weighted by Crippen LogP contribution is 2.30. The van der Waals surface area contributed by atoms with Crippen LogP contribution in [0.2, 0.25) is 5.02 Å². The summed E-state index contributed by atoms with van der Waals surface area (Å²) in [5.41, 5.74) is 7.12. The van der Waals surface area contributed by atoms with Crippen LogP contribution in [0.4, 0.5) is 15.8 Å². The van der Waals surface area contributed by atoms with E-state index in [1.54, 1.807) is 6.07 Å². The number of nitrogens with two attached hydrogens (primary N) is 1. The molecule has 3 nitrogen and oxygen atoms in total. The van der Waals surface area contributed by atoms with Gasteiger partial charge in [0.15, 0.2) is 0 Å². The van der Waals surface area contributed by atoms with Gasteiger partial charge in [-0.2, -0.15) is 0 Å². The first kappa shape index (κ1) is 14.4. The lowest BCUT2D eigenvalue weighted by molar-refractivity contribution is 0.222. The summed E-state index contributed by atoms with van der Waals surface area (Å²) >= 11 is 5.83. The Kier molecular flexibility index (Phi) is 4.53. The van der Waals surface area contributed by atoms with Gasteiger partial charge < -0.3 is 15.5 Å². The maximum atomic E-state index is 13.3. The minimum absolute atomic E-state index is 0.124. The van der Waals surface area contributed by atoms with Crippen LogP contribution in [-0.4, -0.2) is 38.6 Å². The third kappa shape index (κ3) is 3.51. The van der Waals surface area contributed by atoms with Crippen molar-refractivity contribution in [1.29, 1.82) is 0 Å². The fourth-order valence-electron chi connectivity index (χ4n) is 2.61. The predicted molar refractivity (Wildman–Crippen MR) is 79.3 cm³/mol. The molecule has 5 heteroatoms. The van der Waals surface area contributed by atoms with E-state index in [0.29, 0.717) is 11.6 Å². The van der Waals surface area contributed by atoms with Crippen LogP contribution in [0.3, 0.4) is 0 Å². The van der Waals surface area contributed by atoms with Gasteiger partial charge in [0.2, 0.25) is 0 Å². The minimum Gasteiger partial charge on any atom is -0.397 e. The van der Waals surface area contributed by atoms with E-state index in [9.17, 15) is 4.39 Å². The molecule has 1 aliphatic heterocycles. The first-order valence-electron chi connectivity index (χ1n) is 6.61. The van der Waals surface area contributed by atoms with Crippen molar-refractivity contribution in [2.45, 2.75) is 12.8 Å². The molecule has 1 saturated heterocycles. The van der Waals surface area contributed by atoms with Crippen molar-refractivity contribution >= 4 is 23.0 Å². The molecule has 0 unspecified atom stereocenters. The zero-order valence-corrected chi connectivity index (χ0v) is 12.3. The Morgan fingerprint density at radius 3 is 2.68 bits per heavy atom.